The molecule has 0 heterocycles. The van der Waals surface area contributed by atoms with Gasteiger partial charge in [0.15, 0.2) is 0 Å². The first-order valence-corrected chi connectivity index (χ1v) is 5.68. The Morgan fingerprint density at radius 2 is 1.80 bits per heavy atom. The van der Waals surface area contributed by atoms with Crippen LogP contribution in [0.25, 0.3) is 0 Å². The van der Waals surface area contributed by atoms with Crippen molar-refractivity contribution in [3.63, 3.8) is 0 Å². The van der Waals surface area contributed by atoms with E-state index < -0.39 is 0 Å². The maximum Gasteiger partial charge on any atom is 0.123 e. The summed E-state index contributed by atoms with van der Waals surface area (Å²) in [5.74, 6) is -0.136. The fraction of sp³-hybridized carbons (Fsp3) is 0.538. The minimum Gasteiger partial charge on any atom is -0.330 e. The fourth-order valence-corrected chi connectivity index (χ4v) is 1.43. The predicted octanol–water partition coefficient (Wildman–Crippen LogP) is 3.44. The average Bonchev–Trinajstić information content (AvgIpc) is 2.20. The van der Waals surface area contributed by atoms with Crippen LogP contribution < -0.4 is 5.73 Å². The first-order valence-electron chi connectivity index (χ1n) is 5.68. The molecule has 2 N–H and O–H groups in total. The highest BCUT2D eigenvalue weighted by molar-refractivity contribution is 5.23. The lowest BCUT2D eigenvalue weighted by atomic mass is 10.1. The van der Waals surface area contributed by atoms with E-state index in [1.807, 2.05) is 26.8 Å². The van der Waals surface area contributed by atoms with E-state index in [0.29, 0.717) is 6.54 Å². The second-order valence-electron chi connectivity index (χ2n) is 3.38. The SMILES string of the molecule is CC.Cc1cc(F)cc(CCCCN)c1. The molecule has 0 radical (unpaired) electrons. The normalized spacial score (nSPS) is 9.40. The third kappa shape index (κ3) is 6.24. The number of hydrogen-bond donors (Lipinski definition) is 1. The van der Waals surface area contributed by atoms with Crippen LogP contribution in [0.2, 0.25) is 0 Å². The minimum atomic E-state index is -0.136. The molecule has 0 bridgehead atoms. The number of hydrogen-bond acceptors (Lipinski definition) is 1. The summed E-state index contributed by atoms with van der Waals surface area (Å²) in [4.78, 5) is 0. The topological polar surface area (TPSA) is 26.0 Å². The van der Waals surface area contributed by atoms with E-state index in [-0.39, 0.29) is 5.82 Å². The molecule has 2 heteroatoms. The van der Waals surface area contributed by atoms with Crippen molar-refractivity contribution < 1.29 is 4.39 Å². The van der Waals surface area contributed by atoms with Gasteiger partial charge in [0.2, 0.25) is 0 Å². The molecule has 0 fully saturated rings. The quantitative estimate of drug-likeness (QED) is 0.758. The monoisotopic (exact) mass is 211 g/mol. The molecular weight excluding hydrogens is 189 g/mol. The zero-order valence-electron chi connectivity index (χ0n) is 10.0. The number of unbranched alkanes of at least 4 members (excludes halogenated alkanes) is 1. The van der Waals surface area contributed by atoms with Crippen LogP contribution in [0.3, 0.4) is 0 Å². The van der Waals surface area contributed by atoms with Crippen LogP contribution in [0, 0.1) is 12.7 Å². The molecule has 0 aliphatic rings. The zero-order valence-corrected chi connectivity index (χ0v) is 10.0. The van der Waals surface area contributed by atoms with Gasteiger partial charge in [0.25, 0.3) is 0 Å². The first kappa shape index (κ1) is 14.1. The average molecular weight is 211 g/mol. The summed E-state index contributed by atoms with van der Waals surface area (Å²) in [6.45, 7) is 6.63. The van der Waals surface area contributed by atoms with E-state index in [2.05, 4.69) is 0 Å². The zero-order chi connectivity index (χ0) is 11.7. The molecule has 1 rings (SSSR count). The van der Waals surface area contributed by atoms with Crippen molar-refractivity contribution in [1.82, 2.24) is 0 Å². The van der Waals surface area contributed by atoms with E-state index >= 15 is 0 Å². The number of benzene rings is 1. The largest absolute Gasteiger partial charge is 0.330 e. The highest BCUT2D eigenvalue weighted by atomic mass is 19.1. The Kier molecular flexibility index (Phi) is 7.92. The van der Waals surface area contributed by atoms with Crippen molar-refractivity contribution >= 4 is 0 Å². The molecular formula is C13H22FN. The number of halogens is 1. The van der Waals surface area contributed by atoms with Gasteiger partial charge in [-0.3, -0.25) is 0 Å². The Hall–Kier alpha value is -0.890. The minimum absolute atomic E-state index is 0.136. The summed E-state index contributed by atoms with van der Waals surface area (Å²) in [5, 5.41) is 0. The van der Waals surface area contributed by atoms with Crippen molar-refractivity contribution in [3.05, 3.63) is 35.1 Å². The fourth-order valence-electron chi connectivity index (χ4n) is 1.43. The van der Waals surface area contributed by atoms with Crippen LogP contribution >= 0.6 is 0 Å². The lowest BCUT2D eigenvalue weighted by Gasteiger charge is -2.02. The van der Waals surface area contributed by atoms with Gasteiger partial charge >= 0.3 is 0 Å². The summed E-state index contributed by atoms with van der Waals surface area (Å²) < 4.78 is 12.9. The molecule has 1 aromatic carbocycles. The van der Waals surface area contributed by atoms with Crippen molar-refractivity contribution in [2.75, 3.05) is 6.54 Å². The third-order valence-electron chi connectivity index (χ3n) is 2.02. The molecule has 15 heavy (non-hydrogen) atoms. The molecule has 86 valence electrons. The number of rotatable bonds is 4. The third-order valence-corrected chi connectivity index (χ3v) is 2.02. The van der Waals surface area contributed by atoms with Gasteiger partial charge in [-0.15, -0.1) is 0 Å². The smallest absolute Gasteiger partial charge is 0.123 e. The van der Waals surface area contributed by atoms with E-state index in [9.17, 15) is 4.39 Å². The van der Waals surface area contributed by atoms with Gasteiger partial charge in [0, 0.05) is 0 Å². The van der Waals surface area contributed by atoms with E-state index in [1.54, 1.807) is 12.1 Å². The summed E-state index contributed by atoms with van der Waals surface area (Å²) in [6, 6.07) is 5.18. The van der Waals surface area contributed by atoms with E-state index in [4.69, 9.17) is 5.73 Å². The molecule has 0 saturated carbocycles. The van der Waals surface area contributed by atoms with Crippen molar-refractivity contribution in [2.24, 2.45) is 5.73 Å². The molecule has 0 aliphatic carbocycles. The molecule has 0 aliphatic heterocycles. The maximum atomic E-state index is 12.9. The van der Waals surface area contributed by atoms with E-state index in [0.717, 1.165) is 30.4 Å². The Labute approximate surface area is 92.5 Å². The summed E-state index contributed by atoms with van der Waals surface area (Å²) >= 11 is 0. The first-order chi connectivity index (χ1) is 7.22. The van der Waals surface area contributed by atoms with Gasteiger partial charge in [0.05, 0.1) is 0 Å². The van der Waals surface area contributed by atoms with Gasteiger partial charge in [-0.2, -0.15) is 0 Å². The van der Waals surface area contributed by atoms with E-state index in [1.165, 1.54) is 0 Å². The van der Waals surface area contributed by atoms with Crippen LogP contribution in [-0.2, 0) is 6.42 Å². The van der Waals surface area contributed by atoms with Crippen LogP contribution in [-0.4, -0.2) is 6.54 Å². The summed E-state index contributed by atoms with van der Waals surface area (Å²) in [6.07, 6.45) is 2.98. The second-order valence-corrected chi connectivity index (χ2v) is 3.38. The Balaban J connectivity index is 0.000000921. The molecule has 1 nitrogen and oxygen atoms in total. The maximum absolute atomic E-state index is 12.9. The predicted molar refractivity (Wildman–Crippen MR) is 64.5 cm³/mol. The van der Waals surface area contributed by atoms with Gasteiger partial charge in [-0.05, 0) is 56.0 Å². The molecule has 0 aromatic heterocycles. The Morgan fingerprint density at radius 3 is 2.33 bits per heavy atom. The van der Waals surface area contributed by atoms with Gasteiger partial charge < -0.3 is 5.73 Å². The van der Waals surface area contributed by atoms with Crippen LogP contribution in [0.15, 0.2) is 18.2 Å². The van der Waals surface area contributed by atoms with Crippen molar-refractivity contribution in [2.45, 2.75) is 40.0 Å². The standard InChI is InChI=1S/C11H16FN.C2H6/c1-9-6-10(4-2-3-5-13)8-11(12)7-9;1-2/h6-8H,2-5,13H2,1H3;1-2H3. The highest BCUT2D eigenvalue weighted by Crippen LogP contribution is 2.10. The van der Waals surface area contributed by atoms with Crippen molar-refractivity contribution in [1.29, 1.82) is 0 Å². The number of nitrogens with two attached hydrogens (primary N) is 1. The van der Waals surface area contributed by atoms with Gasteiger partial charge in [0.1, 0.15) is 5.82 Å². The molecule has 0 atom stereocenters. The summed E-state index contributed by atoms with van der Waals surface area (Å²) in [7, 11) is 0. The second kappa shape index (κ2) is 8.42. The Morgan fingerprint density at radius 1 is 1.13 bits per heavy atom. The van der Waals surface area contributed by atoms with Crippen molar-refractivity contribution in [3.8, 4) is 0 Å². The highest BCUT2D eigenvalue weighted by Gasteiger charge is 1.97. The van der Waals surface area contributed by atoms with Crippen LogP contribution in [0.4, 0.5) is 4.39 Å². The van der Waals surface area contributed by atoms with Gasteiger partial charge in [-0.1, -0.05) is 19.9 Å². The molecule has 1 aromatic rings. The molecule has 0 spiro atoms. The lowest BCUT2D eigenvalue weighted by Crippen LogP contribution is -1.99. The molecule has 0 amide bonds. The Bertz CT molecular complexity index is 251. The summed E-state index contributed by atoms with van der Waals surface area (Å²) in [5.41, 5.74) is 7.44. The van der Waals surface area contributed by atoms with Gasteiger partial charge in [-0.25, -0.2) is 4.39 Å². The molecule has 0 saturated heterocycles. The number of aryl methyl sites for hydroxylation is 2. The molecule has 0 unspecified atom stereocenters. The lowest BCUT2D eigenvalue weighted by molar-refractivity contribution is 0.622. The van der Waals surface area contributed by atoms with Crippen LogP contribution in [0.1, 0.15) is 37.8 Å². The van der Waals surface area contributed by atoms with Crippen LogP contribution in [0.5, 0.6) is 0 Å².